The Morgan fingerprint density at radius 3 is 2.48 bits per heavy atom. The predicted octanol–water partition coefficient (Wildman–Crippen LogP) is 5.60. The SMILES string of the molecule is CNc1ccc2c(c1)OC(c1ccccc1)n1c-2cc2cc(NC(=O)C3CCCN3C(=O)C(NC(=O)OC)C(C)C)ccc21. The number of benzene rings is 3. The van der Waals surface area contributed by atoms with Gasteiger partial charge in [-0.15, -0.1) is 0 Å². The third-order valence-electron chi connectivity index (χ3n) is 8.44. The Labute approximate surface area is 256 Å². The van der Waals surface area contributed by atoms with Crippen LogP contribution in [0.5, 0.6) is 5.75 Å². The lowest BCUT2D eigenvalue weighted by Crippen LogP contribution is -2.54. The summed E-state index contributed by atoms with van der Waals surface area (Å²) in [7, 11) is 3.14. The molecule has 1 saturated heterocycles. The number of amides is 3. The Morgan fingerprint density at radius 2 is 1.75 bits per heavy atom. The number of anilines is 2. The van der Waals surface area contributed by atoms with Crippen molar-refractivity contribution in [2.24, 2.45) is 5.92 Å². The highest BCUT2D eigenvalue weighted by Gasteiger charge is 2.39. The van der Waals surface area contributed by atoms with E-state index in [0.29, 0.717) is 25.1 Å². The van der Waals surface area contributed by atoms with E-state index in [0.717, 1.165) is 39.2 Å². The van der Waals surface area contributed by atoms with Crippen LogP contribution in [-0.2, 0) is 14.3 Å². The maximum atomic E-state index is 13.5. The average molecular weight is 596 g/mol. The average Bonchev–Trinajstić information content (AvgIpc) is 3.68. The first-order valence-corrected chi connectivity index (χ1v) is 14.9. The van der Waals surface area contributed by atoms with Gasteiger partial charge in [0.1, 0.15) is 17.8 Å². The van der Waals surface area contributed by atoms with Crippen molar-refractivity contribution in [2.45, 2.75) is 45.0 Å². The number of fused-ring (bicyclic) bond motifs is 5. The molecule has 4 aromatic rings. The van der Waals surface area contributed by atoms with Gasteiger partial charge in [-0.25, -0.2) is 4.79 Å². The second-order valence-corrected chi connectivity index (χ2v) is 11.6. The number of hydrogen-bond acceptors (Lipinski definition) is 6. The van der Waals surface area contributed by atoms with Gasteiger partial charge in [0.2, 0.25) is 18.0 Å². The number of carbonyl (C=O) groups is 3. The summed E-state index contributed by atoms with van der Waals surface area (Å²) in [5, 5.41) is 9.81. The zero-order chi connectivity index (χ0) is 31.0. The monoisotopic (exact) mass is 595 g/mol. The van der Waals surface area contributed by atoms with Crippen LogP contribution >= 0.6 is 0 Å². The Balaban J connectivity index is 1.29. The van der Waals surface area contributed by atoms with Crippen LogP contribution in [0.4, 0.5) is 16.2 Å². The number of carbonyl (C=O) groups excluding carboxylic acids is 3. The Hall–Kier alpha value is -4.99. The van der Waals surface area contributed by atoms with E-state index in [9.17, 15) is 14.4 Å². The van der Waals surface area contributed by atoms with Crippen molar-refractivity contribution in [3.8, 4) is 17.0 Å². The molecule has 3 amide bonds. The van der Waals surface area contributed by atoms with Gasteiger partial charge in [0.25, 0.3) is 0 Å². The highest BCUT2D eigenvalue weighted by atomic mass is 16.5. The van der Waals surface area contributed by atoms with Gasteiger partial charge in [-0.2, -0.15) is 0 Å². The number of aromatic nitrogens is 1. The fraction of sp³-hybridized carbons (Fsp3) is 0.324. The van der Waals surface area contributed by atoms with Gasteiger partial charge < -0.3 is 34.9 Å². The van der Waals surface area contributed by atoms with E-state index in [-0.39, 0.29) is 24.0 Å². The minimum absolute atomic E-state index is 0.173. The molecule has 3 N–H and O–H groups in total. The summed E-state index contributed by atoms with van der Waals surface area (Å²) < 4.78 is 13.5. The number of nitrogens with one attached hydrogen (secondary N) is 3. The van der Waals surface area contributed by atoms with Crippen LogP contribution < -0.4 is 20.7 Å². The number of nitrogens with zero attached hydrogens (tertiary/aromatic N) is 2. The van der Waals surface area contributed by atoms with E-state index in [2.05, 4.69) is 44.8 Å². The van der Waals surface area contributed by atoms with Crippen molar-refractivity contribution in [1.29, 1.82) is 0 Å². The molecule has 0 spiro atoms. The van der Waals surface area contributed by atoms with Crippen LogP contribution in [0, 0.1) is 5.92 Å². The van der Waals surface area contributed by atoms with Crippen molar-refractivity contribution in [3.05, 3.63) is 78.4 Å². The van der Waals surface area contributed by atoms with Crippen molar-refractivity contribution < 1.29 is 23.9 Å². The predicted molar refractivity (Wildman–Crippen MR) is 170 cm³/mol. The lowest BCUT2D eigenvalue weighted by Gasteiger charge is -2.30. The molecule has 10 nitrogen and oxygen atoms in total. The van der Waals surface area contributed by atoms with E-state index >= 15 is 0 Å². The van der Waals surface area contributed by atoms with E-state index in [4.69, 9.17) is 9.47 Å². The van der Waals surface area contributed by atoms with Crippen molar-refractivity contribution in [2.75, 3.05) is 31.3 Å². The number of methoxy groups -OCH3 is 1. The summed E-state index contributed by atoms with van der Waals surface area (Å²) in [6.45, 7) is 4.15. The van der Waals surface area contributed by atoms with Crippen LogP contribution in [0.1, 0.15) is 38.5 Å². The first-order chi connectivity index (χ1) is 21.3. The van der Waals surface area contributed by atoms with Gasteiger partial charge in [0, 0.05) is 47.5 Å². The summed E-state index contributed by atoms with van der Waals surface area (Å²) in [6, 6.07) is 22.7. The molecule has 10 heteroatoms. The Kier molecular flexibility index (Phi) is 7.90. The highest BCUT2D eigenvalue weighted by Crippen LogP contribution is 2.45. The van der Waals surface area contributed by atoms with E-state index in [1.807, 2.05) is 69.4 Å². The normalized spacial score (nSPS) is 17.8. The summed E-state index contributed by atoms with van der Waals surface area (Å²) in [6.07, 6.45) is 0.207. The van der Waals surface area contributed by atoms with Crippen molar-refractivity contribution in [3.63, 3.8) is 0 Å². The standard InChI is InChI=1S/C34H37N5O5/c1-20(2)30(37-34(42)43-4)32(41)38-16-8-11-27(38)31(40)36-24-13-15-26-22(17-24)18-28-25-14-12-23(35-3)19-29(25)44-33(39(26)28)21-9-6-5-7-10-21/h5-7,9-10,12-15,17-20,27,30,33,35H,8,11,16H2,1-4H3,(H,36,40)(H,37,42). The summed E-state index contributed by atoms with van der Waals surface area (Å²) in [5.74, 6) is 0.0793. The van der Waals surface area contributed by atoms with Gasteiger partial charge in [-0.05, 0) is 55.2 Å². The fourth-order valence-corrected chi connectivity index (χ4v) is 6.18. The molecule has 0 radical (unpaired) electrons. The van der Waals surface area contributed by atoms with Gasteiger partial charge in [-0.1, -0.05) is 44.2 Å². The quantitative estimate of drug-likeness (QED) is 0.256. The lowest BCUT2D eigenvalue weighted by atomic mass is 10.0. The molecular weight excluding hydrogens is 558 g/mol. The second kappa shape index (κ2) is 11.9. The number of hydrogen-bond donors (Lipinski definition) is 3. The first-order valence-electron chi connectivity index (χ1n) is 14.9. The largest absolute Gasteiger partial charge is 0.465 e. The molecule has 2 aliphatic heterocycles. The van der Waals surface area contributed by atoms with Crippen LogP contribution in [0.3, 0.4) is 0 Å². The second-order valence-electron chi connectivity index (χ2n) is 11.6. The molecule has 1 aromatic heterocycles. The number of likely N-dealkylation sites (tertiary alicyclic amines) is 1. The Bertz CT molecular complexity index is 1720. The first kappa shape index (κ1) is 29.1. The minimum atomic E-state index is -0.785. The molecule has 0 saturated carbocycles. The summed E-state index contributed by atoms with van der Waals surface area (Å²) in [5.41, 5.74) is 5.61. The third-order valence-corrected chi connectivity index (χ3v) is 8.44. The van der Waals surface area contributed by atoms with Crippen LogP contribution in [0.2, 0.25) is 0 Å². The van der Waals surface area contributed by atoms with E-state index < -0.39 is 18.2 Å². The Morgan fingerprint density at radius 1 is 0.977 bits per heavy atom. The molecule has 3 heterocycles. The molecule has 1 fully saturated rings. The topological polar surface area (TPSA) is 114 Å². The highest BCUT2D eigenvalue weighted by molar-refractivity contribution is 6.00. The molecule has 0 bridgehead atoms. The smallest absolute Gasteiger partial charge is 0.407 e. The molecule has 2 aliphatic rings. The van der Waals surface area contributed by atoms with E-state index in [1.54, 1.807) is 4.90 Å². The van der Waals surface area contributed by atoms with Crippen molar-refractivity contribution >= 4 is 40.2 Å². The molecule has 3 aromatic carbocycles. The maximum absolute atomic E-state index is 13.5. The zero-order valence-corrected chi connectivity index (χ0v) is 25.3. The minimum Gasteiger partial charge on any atom is -0.465 e. The van der Waals surface area contributed by atoms with Gasteiger partial charge in [0.15, 0.2) is 0 Å². The van der Waals surface area contributed by atoms with E-state index in [1.165, 1.54) is 7.11 Å². The number of rotatable bonds is 7. The van der Waals surface area contributed by atoms with Crippen LogP contribution in [0.25, 0.3) is 22.2 Å². The number of ether oxygens (including phenoxy) is 2. The molecule has 228 valence electrons. The molecular formula is C34H37N5O5. The molecule has 3 unspecified atom stereocenters. The molecule has 3 atom stereocenters. The maximum Gasteiger partial charge on any atom is 0.407 e. The number of alkyl carbamates (subject to hydrolysis) is 1. The van der Waals surface area contributed by atoms with Gasteiger partial charge >= 0.3 is 6.09 Å². The van der Waals surface area contributed by atoms with Crippen LogP contribution in [-0.4, -0.2) is 60.2 Å². The van der Waals surface area contributed by atoms with Crippen LogP contribution in [0.15, 0.2) is 72.8 Å². The molecule has 6 rings (SSSR count). The summed E-state index contributed by atoms with van der Waals surface area (Å²) in [4.78, 5) is 40.4. The molecule has 0 aliphatic carbocycles. The lowest BCUT2D eigenvalue weighted by molar-refractivity contribution is -0.139. The zero-order valence-electron chi connectivity index (χ0n) is 25.3. The van der Waals surface area contributed by atoms with Gasteiger partial charge in [-0.3, -0.25) is 9.59 Å². The van der Waals surface area contributed by atoms with Gasteiger partial charge in [0.05, 0.1) is 18.3 Å². The fourth-order valence-electron chi connectivity index (χ4n) is 6.18. The van der Waals surface area contributed by atoms with Crippen molar-refractivity contribution in [1.82, 2.24) is 14.8 Å². The summed E-state index contributed by atoms with van der Waals surface area (Å²) >= 11 is 0. The molecule has 44 heavy (non-hydrogen) atoms. The third kappa shape index (κ3) is 5.32.